The smallest absolute Gasteiger partial charge is 0.264 e. The van der Waals surface area contributed by atoms with Crippen molar-refractivity contribution < 1.29 is 59.6 Å². The third-order valence-electron chi connectivity index (χ3n) is 27.1. The second-order valence-corrected chi connectivity index (χ2v) is 39.5. The van der Waals surface area contributed by atoms with Crippen LogP contribution in [0.4, 0.5) is 11.4 Å². The zero-order valence-electron chi connectivity index (χ0n) is 69.3. The molecule has 2 spiro atoms. The number of carbonyl (C=O) groups excluding carboxylic acids is 2. The van der Waals surface area contributed by atoms with Crippen molar-refractivity contribution in [2.75, 3.05) is 144 Å². The fourth-order valence-electron chi connectivity index (χ4n) is 20.7. The second kappa shape index (κ2) is 37.3. The summed E-state index contributed by atoms with van der Waals surface area (Å²) in [6, 6.07) is 25.4. The molecule has 2 amide bonds. The summed E-state index contributed by atoms with van der Waals surface area (Å²) in [6.07, 6.45) is 19.8. The number of hydrogen-bond donors (Lipinski definition) is 3. The van der Waals surface area contributed by atoms with Gasteiger partial charge in [-0.15, -0.1) is 0 Å². The Morgan fingerprint density at radius 3 is 1.49 bits per heavy atom. The van der Waals surface area contributed by atoms with E-state index in [0.29, 0.717) is 92.8 Å². The monoisotopic (exact) mass is 1640 g/mol. The Bertz CT molecular complexity index is 4240. The van der Waals surface area contributed by atoms with Crippen LogP contribution in [0.25, 0.3) is 0 Å². The molecule has 4 fully saturated rings. The maximum Gasteiger partial charge on any atom is 0.264 e. The molecule has 0 unspecified atom stereocenters. The van der Waals surface area contributed by atoms with Crippen molar-refractivity contribution in [1.29, 1.82) is 0 Å². The Balaban J connectivity index is 0.000000188. The van der Waals surface area contributed by atoms with Crippen molar-refractivity contribution in [3.8, 4) is 11.5 Å². The van der Waals surface area contributed by atoms with Gasteiger partial charge in [0, 0.05) is 183 Å². The van der Waals surface area contributed by atoms with E-state index in [1.807, 2.05) is 57.4 Å². The molecular formula is C88H128Cl2N8O13S2. The van der Waals surface area contributed by atoms with E-state index in [-0.39, 0.29) is 72.0 Å². The highest BCUT2D eigenvalue weighted by Crippen LogP contribution is 2.52. The molecule has 2 saturated heterocycles. The molecule has 4 bridgehead atoms. The van der Waals surface area contributed by atoms with Crippen molar-refractivity contribution in [2.24, 2.45) is 35.5 Å². The molecule has 4 aliphatic carbocycles. The van der Waals surface area contributed by atoms with E-state index < -0.39 is 53.7 Å². The Morgan fingerprint density at radius 2 is 1.05 bits per heavy atom. The number of anilines is 2. The standard InChI is InChI=1S/C44H63ClN4O6S.C36H47ClN2O7S.C8H18N2/c1-30(2)49-21-20-47(25-32(49)4)28-44(54-6)19-7-9-31(3)41(17-22-53-5)56(51,52)46-42(50)34-12-16-40-39(24-34)48(26-35-11-14-38(35)44)27-43(29-55-40)18-8-10-33-23-36(45)13-15-37(33)43;1-24-7-5-17-36(44-3,45-4)30-12-9-27(30)21-39-22-35(16-6-8-25-19-28(37)11-13-29(25)35)23-46-32-14-10-26(20-31(32)39)34(40)38-47(41,42)33(24)15-18-43-2;1-7(2)10-5-4-9-6-8(10)3/h7,12-13,15-16,19,23-24,30-32,35,38,41H,8-11,14,17-18,20-22,25-29H2,1-6H3,(H,46,50);5,10-11,13-14,17,19-20,24,27,30,33H,6-9,12,15-16,18,21-23H2,1-4H3,(H,38,40);7-9H,4-6H2,1-3H3/b19-7+;17-5+;/t31-,32+,35-,38+,41+,43-,44-;24-,27-,30+,33+,35-;8-/m001/s1. The van der Waals surface area contributed by atoms with Gasteiger partial charge in [0.1, 0.15) is 17.1 Å². The van der Waals surface area contributed by atoms with E-state index >= 15 is 0 Å². The molecule has 0 aromatic heterocycles. The number of rotatable bonds is 13. The lowest BCUT2D eigenvalue weighted by molar-refractivity contribution is -0.233. The number of halogens is 2. The summed E-state index contributed by atoms with van der Waals surface area (Å²) in [5, 5.41) is 3.18. The highest BCUT2D eigenvalue weighted by molar-refractivity contribution is 7.91. The van der Waals surface area contributed by atoms with Crippen LogP contribution in [0.15, 0.2) is 97.1 Å². The van der Waals surface area contributed by atoms with Crippen LogP contribution in [0.3, 0.4) is 0 Å². The quantitative estimate of drug-likeness (QED) is 0.0837. The SMILES string of the molecule is CC(C)N1CCNC[C@H]1C.COCC[C@@H]1[C@@H](C)C/C=C/C(OC)(OC)[C@@H]2CC[C@H]2CN2C[C@@]3(CCCc4cc(Cl)ccc43)COc3ccc(cc32)C(=O)NS1(=O)=O.COCC[C@@H]1[C@@H](C)C/C=C/[C@@](CN2CCN(C(C)C)[C@H](C)C2)(OC)[C@@H]2CC[C@H]2CN2C[C@@]3(CCCc4cc(Cl)ccc43)COc3ccc(cc32)C(=O)NS1(=O)=O. The first kappa shape index (κ1) is 86.9. The van der Waals surface area contributed by atoms with Crippen molar-refractivity contribution in [3.63, 3.8) is 0 Å². The second-order valence-electron chi connectivity index (χ2n) is 34.9. The number of methoxy groups -OCH3 is 5. The maximum atomic E-state index is 14.1. The molecule has 6 aliphatic heterocycles. The number of hydrogen-bond acceptors (Lipinski definition) is 19. The number of sulfonamides is 2. The third-order valence-corrected chi connectivity index (χ3v) is 31.5. The van der Waals surface area contributed by atoms with Crippen LogP contribution >= 0.6 is 23.2 Å². The Labute approximate surface area is 684 Å². The van der Waals surface area contributed by atoms with Gasteiger partial charge in [-0.2, -0.15) is 0 Å². The maximum absolute atomic E-state index is 14.1. The van der Waals surface area contributed by atoms with Crippen LogP contribution < -0.4 is 34.0 Å². The first-order chi connectivity index (χ1) is 54.0. The first-order valence-corrected chi connectivity index (χ1v) is 45.6. The Morgan fingerprint density at radius 1 is 0.566 bits per heavy atom. The van der Waals surface area contributed by atoms with Gasteiger partial charge in [0.25, 0.3) is 11.8 Å². The summed E-state index contributed by atoms with van der Waals surface area (Å²) in [5.74, 6) is -0.538. The number of nitrogens with one attached hydrogen (secondary N) is 3. The van der Waals surface area contributed by atoms with Crippen molar-refractivity contribution in [1.82, 2.24) is 29.5 Å². The van der Waals surface area contributed by atoms with Gasteiger partial charge in [-0.3, -0.25) is 24.3 Å². The van der Waals surface area contributed by atoms with Crippen molar-refractivity contribution in [2.45, 2.75) is 202 Å². The molecule has 4 aromatic carbocycles. The zero-order chi connectivity index (χ0) is 80.8. The number of carbonyl (C=O) groups is 2. The van der Waals surface area contributed by atoms with Gasteiger partial charge in [0.05, 0.1) is 35.1 Å². The molecule has 21 nitrogen and oxygen atoms in total. The minimum Gasteiger partial charge on any atom is -0.490 e. The van der Waals surface area contributed by atoms with E-state index in [1.165, 1.54) is 28.8 Å². The van der Waals surface area contributed by atoms with Gasteiger partial charge in [-0.1, -0.05) is 67.4 Å². The average molecular weight is 1640 g/mol. The van der Waals surface area contributed by atoms with Gasteiger partial charge in [0.2, 0.25) is 20.0 Å². The number of allylic oxidation sites excluding steroid dienone is 2. The molecule has 13 atom stereocenters. The number of amides is 2. The van der Waals surface area contributed by atoms with Gasteiger partial charge in [-0.25, -0.2) is 26.3 Å². The molecule has 0 radical (unpaired) electrons. The molecule has 6 heterocycles. The third kappa shape index (κ3) is 19.2. The fourth-order valence-corrected chi connectivity index (χ4v) is 24.4. The zero-order valence-corrected chi connectivity index (χ0v) is 72.4. The molecule has 4 aromatic rings. The van der Waals surface area contributed by atoms with E-state index in [0.717, 1.165) is 131 Å². The number of ether oxygens (including phenoxy) is 7. The van der Waals surface area contributed by atoms with Gasteiger partial charge in [0.15, 0.2) is 5.79 Å². The largest absolute Gasteiger partial charge is 0.490 e. The van der Waals surface area contributed by atoms with Crippen LogP contribution in [0.2, 0.25) is 10.0 Å². The summed E-state index contributed by atoms with van der Waals surface area (Å²) in [7, 11) is 0.201. The Hall–Kier alpha value is -5.38. The van der Waals surface area contributed by atoms with Crippen LogP contribution in [-0.2, 0) is 67.4 Å². The molecule has 2 saturated carbocycles. The predicted molar refractivity (Wildman–Crippen MR) is 450 cm³/mol. The van der Waals surface area contributed by atoms with Crippen LogP contribution in [0, 0.1) is 35.5 Å². The van der Waals surface area contributed by atoms with Crippen LogP contribution in [-0.4, -0.2) is 223 Å². The van der Waals surface area contributed by atoms with Crippen LogP contribution in [0.1, 0.15) is 175 Å². The van der Waals surface area contributed by atoms with E-state index in [2.05, 4.69) is 117 Å². The fraction of sp³-hybridized carbons (Fsp3) is 0.659. The van der Waals surface area contributed by atoms with Crippen molar-refractivity contribution >= 4 is 66.4 Å². The minimum atomic E-state index is -4.07. The van der Waals surface area contributed by atoms with Gasteiger partial charge >= 0.3 is 0 Å². The molecule has 25 heteroatoms. The Kier molecular flexibility index (Phi) is 28.7. The van der Waals surface area contributed by atoms with Gasteiger partial charge < -0.3 is 48.3 Å². The lowest BCUT2D eigenvalue weighted by Crippen LogP contribution is -2.61. The minimum absolute atomic E-state index is 0.0810. The number of benzene rings is 4. The summed E-state index contributed by atoms with van der Waals surface area (Å²) >= 11 is 13.0. The number of fused-ring (bicyclic) bond motifs is 8. The number of nitrogens with zero attached hydrogens (tertiary/aromatic N) is 5. The highest BCUT2D eigenvalue weighted by Gasteiger charge is 2.53. The lowest BCUT2D eigenvalue weighted by Gasteiger charge is -2.53. The molecular weight excluding hydrogens is 1510 g/mol. The average Bonchev–Trinajstić information content (AvgIpc) is 1.27. The number of piperazine rings is 2. The van der Waals surface area contributed by atoms with Crippen LogP contribution in [0.5, 0.6) is 11.5 Å². The first-order valence-electron chi connectivity index (χ1n) is 41.7. The van der Waals surface area contributed by atoms with E-state index in [4.69, 9.17) is 56.4 Å². The predicted octanol–water partition coefficient (Wildman–Crippen LogP) is 13.3. The molecule has 3 N–H and O–H groups in total. The highest BCUT2D eigenvalue weighted by atomic mass is 35.5. The summed E-state index contributed by atoms with van der Waals surface area (Å²) in [6.45, 7) is 29.1. The molecule has 10 aliphatic rings. The van der Waals surface area contributed by atoms with E-state index in [9.17, 15) is 26.4 Å². The topological polar surface area (TPSA) is 219 Å². The summed E-state index contributed by atoms with van der Waals surface area (Å²) in [4.78, 5) is 40.1. The molecule has 14 rings (SSSR count). The van der Waals surface area contributed by atoms with Gasteiger partial charge in [-0.05, 0) is 250 Å². The summed E-state index contributed by atoms with van der Waals surface area (Å²) in [5.41, 5.74) is 6.10. The van der Waals surface area contributed by atoms with E-state index in [1.54, 1.807) is 52.7 Å². The van der Waals surface area contributed by atoms with Crippen molar-refractivity contribution in [3.05, 3.63) is 141 Å². The molecule has 113 heavy (non-hydrogen) atoms. The summed E-state index contributed by atoms with van der Waals surface area (Å²) < 4.78 is 104. The number of aryl methyl sites for hydroxylation is 2. The molecule has 624 valence electrons. The lowest BCUT2D eigenvalue weighted by atomic mass is 9.63. The normalized spacial score (nSPS) is 31.7.